The van der Waals surface area contributed by atoms with Crippen LogP contribution in [0.4, 0.5) is 0 Å². The molecule has 170 valence electrons. The fraction of sp³-hybridized carbons (Fsp3) is 0. The molecule has 0 aromatic rings. The van der Waals surface area contributed by atoms with Crippen LogP contribution in [-0.4, -0.2) is 159 Å². The third-order valence-corrected chi connectivity index (χ3v) is 0. The van der Waals surface area contributed by atoms with Crippen LogP contribution in [0.1, 0.15) is 0 Å². The fourth-order valence-corrected chi connectivity index (χ4v) is 0. The number of hydrogen-bond acceptors (Lipinski definition) is 20. The maximum absolute atomic E-state index is 8.71. The van der Waals surface area contributed by atoms with Gasteiger partial charge < -0.3 is 26.0 Å². The predicted octanol–water partition coefficient (Wildman–Crippen LogP) is -4.76. The maximum atomic E-state index is 8.71. The molecule has 0 heterocycles. The molecule has 0 aromatic heterocycles. The van der Waals surface area contributed by atoms with Gasteiger partial charge in [0.15, 0.2) is 17.4 Å². The molecule has 0 bridgehead atoms. The Morgan fingerprint density at radius 2 is 0.296 bits per heavy atom. The first kappa shape index (κ1) is 46.1. The molecule has 27 heavy (non-hydrogen) atoms. The molecule has 25 nitrogen and oxygen atoms in total. The third-order valence-electron chi connectivity index (χ3n) is 0. The van der Waals surface area contributed by atoms with Crippen molar-refractivity contribution < 1.29 is 104 Å². The van der Waals surface area contributed by atoms with Crippen LogP contribution in [0.5, 0.6) is 0 Å². The summed E-state index contributed by atoms with van der Waals surface area (Å²) in [5.41, 5.74) is 0. The van der Waals surface area contributed by atoms with E-state index in [0.29, 0.717) is 0 Å². The van der Waals surface area contributed by atoms with Gasteiger partial charge in [0.05, 0.1) is 25.7 Å². The Hall–Kier alpha value is 0.792. The van der Waals surface area contributed by atoms with Gasteiger partial charge in [-0.3, -0.25) is 0 Å². The summed E-state index contributed by atoms with van der Waals surface area (Å²) in [6, 6.07) is 0. The number of rotatable bonds is 0. The van der Waals surface area contributed by atoms with Crippen molar-refractivity contribution in [2.24, 2.45) is 0 Å². The van der Waals surface area contributed by atoms with Crippen molar-refractivity contribution >= 4 is 55.1 Å². The van der Waals surface area contributed by atoms with Crippen molar-refractivity contribution in [1.29, 1.82) is 0 Å². The van der Waals surface area contributed by atoms with E-state index in [1.165, 1.54) is 0 Å². The molecule has 0 saturated carbocycles. The van der Waals surface area contributed by atoms with E-state index in [-0.39, 0.29) is 55.1 Å². The fourth-order valence-electron chi connectivity index (χ4n) is 0. The second kappa shape index (κ2) is 18.8. The Labute approximate surface area is 184 Å². The Balaban J connectivity index is -0.0000000364. The number of quaternary nitrogens is 5. The van der Waals surface area contributed by atoms with Crippen LogP contribution in [0.15, 0.2) is 0 Å². The van der Waals surface area contributed by atoms with Crippen molar-refractivity contribution in [3.63, 3.8) is 0 Å². The van der Waals surface area contributed by atoms with E-state index in [1.807, 2.05) is 0 Å². The molecule has 0 aliphatic carbocycles. The van der Waals surface area contributed by atoms with Crippen LogP contribution in [-0.2, 0) is 0 Å². The minimum atomic E-state index is -3.25. The Kier molecular flexibility index (Phi) is 32.1. The summed E-state index contributed by atoms with van der Waals surface area (Å²) in [7, 11) is 0. The summed E-state index contributed by atoms with van der Waals surface area (Å²) in [6.45, 7) is 0. The van der Waals surface area contributed by atoms with Gasteiger partial charge >= 0.3 is 37.7 Å². The zero-order chi connectivity index (χ0) is 22.5. The van der Waals surface area contributed by atoms with E-state index in [2.05, 4.69) is 0 Å². The van der Waals surface area contributed by atoms with E-state index in [1.54, 1.807) is 0 Å². The number of nitrogens with zero attached hydrogens (tertiary/aromatic N) is 5. The van der Waals surface area contributed by atoms with Crippen LogP contribution in [0.2, 0.25) is 0 Å². The second-order valence-electron chi connectivity index (χ2n) is 2.57. The van der Waals surface area contributed by atoms with Crippen LogP contribution >= 0.6 is 0 Å². The van der Waals surface area contributed by atoms with E-state index < -0.39 is 25.7 Å². The van der Waals surface area contributed by atoms with Gasteiger partial charge in [-0.15, -0.1) is 78.1 Å². The molecule has 0 aliphatic rings. The molecule has 0 fully saturated rings. The van der Waals surface area contributed by atoms with Gasteiger partial charge in [-0.2, -0.15) is 0 Å². The molecule has 0 aromatic carbocycles. The molecule has 0 aliphatic heterocycles. The smallest absolute Gasteiger partial charge is 0.0686 e. The van der Waals surface area contributed by atoms with E-state index >= 15 is 0 Å². The van der Waals surface area contributed by atoms with Crippen LogP contribution in [0.25, 0.3) is 0 Å². The minimum Gasteiger partial charge on any atom is -0.529 e. The molecule has 0 unspecified atom stereocenters. The van der Waals surface area contributed by atoms with E-state index in [9.17, 15) is 0 Å². The van der Waals surface area contributed by atoms with E-state index in [0.717, 1.165) is 0 Å². The summed E-state index contributed by atoms with van der Waals surface area (Å²) >= 11 is 0. The summed E-state index contributed by atoms with van der Waals surface area (Å²) in [5, 5.41) is 132. The largest absolute Gasteiger partial charge is 0.529 e. The van der Waals surface area contributed by atoms with Crippen LogP contribution in [0, 0.1) is 26.0 Å². The maximum Gasteiger partial charge on any atom is 0.0686 e. The quantitative estimate of drug-likeness (QED) is 0.0883. The van der Waals surface area contributed by atoms with Gasteiger partial charge in [0, 0.05) is 0 Å². The van der Waals surface area contributed by atoms with Gasteiger partial charge in [-0.05, 0) is 0 Å². The van der Waals surface area contributed by atoms with Crippen molar-refractivity contribution in [1.82, 2.24) is 0 Å². The molecule has 0 atom stereocenters. The first-order chi connectivity index (χ1) is 10.0. The Morgan fingerprint density at radius 3 is 0.296 bits per heavy atom. The summed E-state index contributed by atoms with van der Waals surface area (Å²) in [4.78, 5) is 0. The molecule has 0 spiro atoms. The average Bonchev–Trinajstić information content (AvgIpc) is 1.79. The second-order valence-corrected chi connectivity index (χ2v) is 2.57. The molecule has 0 rings (SSSR count). The molecule has 0 amide bonds. The minimum absolute atomic E-state index is 0. The summed E-state index contributed by atoms with van der Waals surface area (Å²) in [6.07, 6.45) is 0. The monoisotopic (exact) mass is 477 g/mol. The SMILES string of the molecule is [AlH3].[CaH2].[O-][N+](O)(O)O.[O-][N+](O)(O)O.[O-][N+](O)(O)O.[O-][N+](O)(O)O.[O-][N+](O)(O)O. The van der Waals surface area contributed by atoms with E-state index in [4.69, 9.17) is 104 Å². The molecular weight excluding hydrogens is 457 g/mol. The zero-order valence-electron chi connectivity index (χ0n) is 11.0. The first-order valence-electron chi connectivity index (χ1n) is 3.91. The van der Waals surface area contributed by atoms with Gasteiger partial charge in [0.25, 0.3) is 0 Å². The van der Waals surface area contributed by atoms with Crippen LogP contribution in [0.3, 0.4) is 0 Å². The topological polar surface area (TPSA) is 419 Å². The number of hydrogen-bond donors (Lipinski definition) is 15. The van der Waals surface area contributed by atoms with Crippen molar-refractivity contribution in [2.75, 3.05) is 0 Å². The van der Waals surface area contributed by atoms with Crippen LogP contribution < -0.4 is 0 Å². The zero-order valence-corrected chi connectivity index (χ0v) is 11.0. The molecular formula is H20AlCaN5O20. The Morgan fingerprint density at radius 1 is 0.296 bits per heavy atom. The van der Waals surface area contributed by atoms with Crippen molar-refractivity contribution in [2.45, 2.75) is 0 Å². The third kappa shape index (κ3) is 26200. The predicted molar refractivity (Wildman–Crippen MR) is 63.4 cm³/mol. The van der Waals surface area contributed by atoms with Crippen molar-refractivity contribution in [3.8, 4) is 0 Å². The van der Waals surface area contributed by atoms with Gasteiger partial charge in [0.1, 0.15) is 0 Å². The van der Waals surface area contributed by atoms with Gasteiger partial charge in [0.2, 0.25) is 0 Å². The summed E-state index contributed by atoms with van der Waals surface area (Å²) < 4.78 is 0. The molecule has 0 radical (unpaired) electrons. The summed E-state index contributed by atoms with van der Waals surface area (Å²) in [5.74, 6) is 0. The van der Waals surface area contributed by atoms with Gasteiger partial charge in [-0.25, -0.2) is 0 Å². The molecule has 15 N–H and O–H groups in total. The standard InChI is InChI=1S/Al.Ca.5H3NO4.5H/c;;5*2-1(3,4)5;;;;;/h;;5*2-4H;;;;;. The molecule has 27 heteroatoms. The van der Waals surface area contributed by atoms with Gasteiger partial charge in [-0.1, -0.05) is 0 Å². The molecule has 0 saturated heterocycles. The van der Waals surface area contributed by atoms with Crippen molar-refractivity contribution in [3.05, 3.63) is 26.0 Å². The average molecular weight is 477 g/mol. The normalized spacial score (nSPS) is 11.1. The first-order valence-corrected chi connectivity index (χ1v) is 3.91. The Bertz CT molecular complexity index is 178.